The fraction of sp³-hybridized carbons (Fsp3) is 0.615. The lowest BCUT2D eigenvalue weighted by Gasteiger charge is -2.23. The highest BCUT2D eigenvalue weighted by Crippen LogP contribution is 2.27. The van der Waals surface area contributed by atoms with Crippen molar-refractivity contribution in [2.45, 2.75) is 18.6 Å². The van der Waals surface area contributed by atoms with Gasteiger partial charge >= 0.3 is 0 Å². The first-order valence-corrected chi connectivity index (χ1v) is 6.87. The molecular formula is C13H20N6O2. The van der Waals surface area contributed by atoms with E-state index in [1.807, 2.05) is 7.05 Å². The summed E-state index contributed by atoms with van der Waals surface area (Å²) < 4.78 is 12.5. The lowest BCUT2D eigenvalue weighted by atomic mass is 10.2. The molecule has 1 aliphatic rings. The van der Waals surface area contributed by atoms with Crippen LogP contribution in [0.25, 0.3) is 11.0 Å². The highest BCUT2D eigenvalue weighted by Gasteiger charge is 2.34. The first kappa shape index (κ1) is 14.0. The maximum Gasteiger partial charge on any atom is 0.229 e. The largest absolute Gasteiger partial charge is 0.383 e. The molecular weight excluding hydrogens is 272 g/mol. The van der Waals surface area contributed by atoms with E-state index in [1.165, 1.54) is 0 Å². The summed E-state index contributed by atoms with van der Waals surface area (Å²) in [4.78, 5) is 11.1. The monoisotopic (exact) mass is 292 g/mol. The molecule has 2 N–H and O–H groups in total. The summed E-state index contributed by atoms with van der Waals surface area (Å²) in [5.74, 6) is 1.05. The Balaban J connectivity index is 1.99. The zero-order valence-corrected chi connectivity index (χ0v) is 12.5. The molecule has 0 unspecified atom stereocenters. The number of nitrogen functional groups attached to an aromatic ring is 1. The smallest absolute Gasteiger partial charge is 0.229 e. The molecule has 3 rings (SSSR count). The standard InChI is InChI=1S/C13H20N6O2/c1-18-12-10(5-15-18)11(14)16-13(17-12)19-6-9(21-3)4-8(19)7-20-2/h5,8-9H,4,6-7H2,1-3H3,(H2,14,16,17)/t8-,9+/m0/s1. The summed E-state index contributed by atoms with van der Waals surface area (Å²) in [5, 5.41) is 4.95. The normalized spacial score (nSPS) is 22.3. The lowest BCUT2D eigenvalue weighted by Crippen LogP contribution is -2.34. The quantitative estimate of drug-likeness (QED) is 0.859. The van der Waals surface area contributed by atoms with Crippen LogP contribution in [-0.4, -0.2) is 59.3 Å². The van der Waals surface area contributed by atoms with E-state index in [-0.39, 0.29) is 12.1 Å². The van der Waals surface area contributed by atoms with Crippen molar-refractivity contribution >= 4 is 22.8 Å². The van der Waals surface area contributed by atoms with Crippen LogP contribution in [0.5, 0.6) is 0 Å². The van der Waals surface area contributed by atoms with E-state index < -0.39 is 0 Å². The van der Waals surface area contributed by atoms with Gasteiger partial charge in [0.25, 0.3) is 0 Å². The average Bonchev–Trinajstić information content (AvgIpc) is 3.04. The van der Waals surface area contributed by atoms with E-state index in [0.717, 1.165) is 24.0 Å². The SMILES string of the molecule is COC[C@@H]1C[C@@H](OC)CN1c1nc(N)c2cnn(C)c2n1. The molecule has 0 aromatic carbocycles. The molecule has 0 bridgehead atoms. The Morgan fingerprint density at radius 3 is 2.90 bits per heavy atom. The minimum atomic E-state index is 0.150. The molecule has 0 saturated carbocycles. The van der Waals surface area contributed by atoms with Crippen LogP contribution < -0.4 is 10.6 Å². The Bertz CT molecular complexity index is 643. The molecule has 0 aliphatic carbocycles. The summed E-state index contributed by atoms with van der Waals surface area (Å²) in [6, 6.07) is 0.185. The molecule has 1 fully saturated rings. The molecule has 2 aromatic heterocycles. The number of aromatic nitrogens is 4. The zero-order chi connectivity index (χ0) is 15.0. The first-order chi connectivity index (χ1) is 10.1. The Kier molecular flexibility index (Phi) is 3.64. The lowest BCUT2D eigenvalue weighted by molar-refractivity contribution is 0.111. The second-order valence-corrected chi connectivity index (χ2v) is 5.27. The van der Waals surface area contributed by atoms with Crippen molar-refractivity contribution in [3.63, 3.8) is 0 Å². The van der Waals surface area contributed by atoms with Crippen molar-refractivity contribution in [3.05, 3.63) is 6.20 Å². The van der Waals surface area contributed by atoms with Gasteiger partial charge in [0, 0.05) is 27.8 Å². The predicted molar refractivity (Wildman–Crippen MR) is 79.1 cm³/mol. The highest BCUT2D eigenvalue weighted by molar-refractivity contribution is 5.86. The molecule has 2 aromatic rings. The van der Waals surface area contributed by atoms with Crippen molar-refractivity contribution in [2.24, 2.45) is 7.05 Å². The van der Waals surface area contributed by atoms with Crippen molar-refractivity contribution in [3.8, 4) is 0 Å². The fourth-order valence-corrected chi connectivity index (χ4v) is 2.80. The topological polar surface area (TPSA) is 91.3 Å². The maximum atomic E-state index is 6.03. The molecule has 114 valence electrons. The predicted octanol–water partition coefficient (Wildman–Crippen LogP) is 0.186. The van der Waals surface area contributed by atoms with Gasteiger partial charge in [-0.3, -0.25) is 4.68 Å². The van der Waals surface area contributed by atoms with Crippen LogP contribution >= 0.6 is 0 Å². The van der Waals surface area contributed by atoms with Crippen molar-refractivity contribution in [1.29, 1.82) is 0 Å². The minimum Gasteiger partial charge on any atom is -0.383 e. The van der Waals surface area contributed by atoms with Crippen molar-refractivity contribution in [2.75, 3.05) is 38.0 Å². The number of methoxy groups -OCH3 is 2. The van der Waals surface area contributed by atoms with Crippen LogP contribution in [0.1, 0.15) is 6.42 Å². The third-order valence-corrected chi connectivity index (χ3v) is 3.94. The Morgan fingerprint density at radius 2 is 2.19 bits per heavy atom. The maximum absolute atomic E-state index is 6.03. The van der Waals surface area contributed by atoms with Gasteiger partial charge in [0.1, 0.15) is 5.82 Å². The second-order valence-electron chi connectivity index (χ2n) is 5.27. The molecule has 0 spiro atoms. The van der Waals surface area contributed by atoms with E-state index in [0.29, 0.717) is 18.4 Å². The number of nitrogens with two attached hydrogens (primary N) is 1. The summed E-state index contributed by atoms with van der Waals surface area (Å²) in [6.45, 7) is 1.33. The minimum absolute atomic E-state index is 0.150. The average molecular weight is 292 g/mol. The van der Waals surface area contributed by atoms with Gasteiger partial charge in [-0.05, 0) is 6.42 Å². The Hall–Kier alpha value is -1.93. The van der Waals surface area contributed by atoms with Gasteiger partial charge in [0.15, 0.2) is 5.65 Å². The molecule has 0 amide bonds. The van der Waals surface area contributed by atoms with E-state index in [9.17, 15) is 0 Å². The molecule has 1 saturated heterocycles. The number of anilines is 2. The summed E-state index contributed by atoms with van der Waals surface area (Å²) in [7, 11) is 5.25. The zero-order valence-electron chi connectivity index (χ0n) is 12.5. The van der Waals surface area contributed by atoms with E-state index in [4.69, 9.17) is 15.2 Å². The third-order valence-electron chi connectivity index (χ3n) is 3.94. The molecule has 1 aliphatic heterocycles. The molecule has 8 heteroatoms. The van der Waals surface area contributed by atoms with Gasteiger partial charge in [0.2, 0.25) is 5.95 Å². The number of ether oxygens (including phenoxy) is 2. The van der Waals surface area contributed by atoms with Gasteiger partial charge in [-0.1, -0.05) is 0 Å². The number of hydrogen-bond donors (Lipinski definition) is 1. The van der Waals surface area contributed by atoms with E-state index >= 15 is 0 Å². The Labute approximate surface area is 122 Å². The molecule has 3 heterocycles. The second kappa shape index (κ2) is 5.45. The van der Waals surface area contributed by atoms with Crippen LogP contribution in [0.2, 0.25) is 0 Å². The number of nitrogens with zero attached hydrogens (tertiary/aromatic N) is 5. The van der Waals surface area contributed by atoms with Crippen LogP contribution in [0.4, 0.5) is 11.8 Å². The number of aryl methyl sites for hydroxylation is 1. The fourth-order valence-electron chi connectivity index (χ4n) is 2.80. The van der Waals surface area contributed by atoms with Crippen LogP contribution in [0.15, 0.2) is 6.20 Å². The van der Waals surface area contributed by atoms with Crippen LogP contribution in [0.3, 0.4) is 0 Å². The van der Waals surface area contributed by atoms with Gasteiger partial charge in [-0.15, -0.1) is 0 Å². The number of hydrogen-bond acceptors (Lipinski definition) is 7. The van der Waals surface area contributed by atoms with Crippen LogP contribution in [-0.2, 0) is 16.5 Å². The van der Waals surface area contributed by atoms with Crippen molar-refractivity contribution < 1.29 is 9.47 Å². The van der Waals surface area contributed by atoms with E-state index in [2.05, 4.69) is 20.0 Å². The number of rotatable bonds is 4. The van der Waals surface area contributed by atoms with Gasteiger partial charge in [-0.25, -0.2) is 0 Å². The highest BCUT2D eigenvalue weighted by atomic mass is 16.5. The van der Waals surface area contributed by atoms with Gasteiger partial charge < -0.3 is 20.1 Å². The summed E-state index contributed by atoms with van der Waals surface area (Å²) >= 11 is 0. The Morgan fingerprint density at radius 1 is 1.38 bits per heavy atom. The van der Waals surface area contributed by atoms with E-state index in [1.54, 1.807) is 25.1 Å². The molecule has 0 radical (unpaired) electrons. The van der Waals surface area contributed by atoms with Gasteiger partial charge in [-0.2, -0.15) is 15.1 Å². The van der Waals surface area contributed by atoms with Crippen molar-refractivity contribution in [1.82, 2.24) is 19.7 Å². The summed E-state index contributed by atoms with van der Waals surface area (Å²) in [6.07, 6.45) is 2.72. The first-order valence-electron chi connectivity index (χ1n) is 6.87. The molecule has 2 atom stereocenters. The van der Waals surface area contributed by atoms with Crippen LogP contribution in [0, 0.1) is 0 Å². The molecule has 21 heavy (non-hydrogen) atoms. The third kappa shape index (κ3) is 2.40. The molecule has 8 nitrogen and oxygen atoms in total. The summed E-state index contributed by atoms with van der Waals surface area (Å²) in [5.41, 5.74) is 6.76. The van der Waals surface area contributed by atoms with Gasteiger partial charge in [0.05, 0.1) is 30.3 Å². The number of fused-ring (bicyclic) bond motifs is 1.